The number of rotatable bonds is 3. The van der Waals surface area contributed by atoms with E-state index in [1.165, 1.54) is 6.07 Å². The lowest BCUT2D eigenvalue weighted by molar-refractivity contribution is 0.609. The van der Waals surface area contributed by atoms with Crippen molar-refractivity contribution in [2.24, 2.45) is 0 Å². The number of hydrogen-bond acceptors (Lipinski definition) is 2. The van der Waals surface area contributed by atoms with Crippen LogP contribution in [0.15, 0.2) is 36.4 Å². The van der Waals surface area contributed by atoms with E-state index in [-0.39, 0.29) is 5.56 Å². The molecule has 0 heterocycles. The fraction of sp³-hybridized carbons (Fsp3) is 0.133. The maximum Gasteiger partial charge on any atom is 0.145 e. The summed E-state index contributed by atoms with van der Waals surface area (Å²) in [5.41, 5.74) is 2.29. The van der Waals surface area contributed by atoms with Crippen LogP contribution < -0.4 is 5.32 Å². The molecular formula is C15H12ClFN2. The Morgan fingerprint density at radius 3 is 2.74 bits per heavy atom. The lowest BCUT2D eigenvalue weighted by Gasteiger charge is -2.11. The van der Waals surface area contributed by atoms with E-state index < -0.39 is 5.82 Å². The number of nitrogens with zero attached hydrogens (tertiary/aromatic N) is 1. The Labute approximate surface area is 116 Å². The standard InChI is InChI=1S/C15H12ClFN2/c1-10-13(16)6-3-7-14(10)19-9-12-5-2-4-11(8-18)15(12)17/h2-7,19H,9H2,1H3. The highest BCUT2D eigenvalue weighted by atomic mass is 35.5. The molecule has 0 bridgehead atoms. The number of nitrogens with one attached hydrogen (secondary N) is 1. The molecule has 19 heavy (non-hydrogen) atoms. The smallest absolute Gasteiger partial charge is 0.145 e. The van der Waals surface area contributed by atoms with Crippen molar-refractivity contribution in [3.05, 3.63) is 63.9 Å². The van der Waals surface area contributed by atoms with Gasteiger partial charge in [-0.05, 0) is 30.7 Å². The Morgan fingerprint density at radius 2 is 2.00 bits per heavy atom. The van der Waals surface area contributed by atoms with E-state index >= 15 is 0 Å². The van der Waals surface area contributed by atoms with Crippen LogP contribution in [0.2, 0.25) is 5.02 Å². The van der Waals surface area contributed by atoms with E-state index in [1.807, 2.05) is 25.1 Å². The summed E-state index contributed by atoms with van der Waals surface area (Å²) in [6.07, 6.45) is 0. The molecule has 2 aromatic carbocycles. The Hall–Kier alpha value is -2.05. The van der Waals surface area contributed by atoms with Crippen molar-refractivity contribution < 1.29 is 4.39 Å². The van der Waals surface area contributed by atoms with E-state index in [0.29, 0.717) is 17.1 Å². The first-order chi connectivity index (χ1) is 9.13. The fourth-order valence-corrected chi connectivity index (χ4v) is 1.97. The molecule has 0 aliphatic heterocycles. The van der Waals surface area contributed by atoms with E-state index in [1.54, 1.807) is 18.2 Å². The van der Waals surface area contributed by atoms with Gasteiger partial charge < -0.3 is 5.32 Å². The molecule has 0 aliphatic carbocycles. The summed E-state index contributed by atoms with van der Waals surface area (Å²) in [6, 6.07) is 12.1. The second kappa shape index (κ2) is 5.73. The SMILES string of the molecule is Cc1c(Cl)cccc1NCc1cccc(C#N)c1F. The number of halogens is 2. The van der Waals surface area contributed by atoms with Crippen LogP contribution in [0.25, 0.3) is 0 Å². The molecule has 2 nitrogen and oxygen atoms in total. The van der Waals surface area contributed by atoms with Crippen molar-refractivity contribution in [3.8, 4) is 6.07 Å². The molecule has 2 rings (SSSR count). The zero-order valence-electron chi connectivity index (χ0n) is 10.4. The van der Waals surface area contributed by atoms with E-state index in [0.717, 1.165) is 11.3 Å². The van der Waals surface area contributed by atoms with Crippen LogP contribution >= 0.6 is 11.6 Å². The van der Waals surface area contributed by atoms with Crippen molar-refractivity contribution in [2.45, 2.75) is 13.5 Å². The molecule has 4 heteroatoms. The zero-order chi connectivity index (χ0) is 13.8. The number of anilines is 1. The first kappa shape index (κ1) is 13.4. The van der Waals surface area contributed by atoms with Crippen molar-refractivity contribution in [3.63, 3.8) is 0 Å². The summed E-state index contributed by atoms with van der Waals surface area (Å²) in [6.45, 7) is 2.20. The molecule has 0 aromatic heterocycles. The molecule has 0 aliphatic rings. The maximum absolute atomic E-state index is 13.9. The first-order valence-corrected chi connectivity index (χ1v) is 6.17. The second-order valence-electron chi connectivity index (χ2n) is 4.16. The van der Waals surface area contributed by atoms with E-state index in [2.05, 4.69) is 5.32 Å². The van der Waals surface area contributed by atoms with Crippen molar-refractivity contribution in [2.75, 3.05) is 5.32 Å². The summed E-state index contributed by atoms with van der Waals surface area (Å²) in [4.78, 5) is 0. The minimum Gasteiger partial charge on any atom is -0.381 e. The zero-order valence-corrected chi connectivity index (χ0v) is 11.1. The molecule has 2 aromatic rings. The Kier molecular flexibility index (Phi) is 4.03. The van der Waals surface area contributed by atoms with Gasteiger partial charge in [-0.3, -0.25) is 0 Å². The maximum atomic E-state index is 13.9. The van der Waals surface area contributed by atoms with Gasteiger partial charge in [0.25, 0.3) is 0 Å². The van der Waals surface area contributed by atoms with Crippen LogP contribution in [-0.4, -0.2) is 0 Å². The van der Waals surface area contributed by atoms with Gasteiger partial charge >= 0.3 is 0 Å². The minimum atomic E-state index is -0.475. The predicted octanol–water partition coefficient (Wildman–Crippen LogP) is 4.27. The van der Waals surface area contributed by atoms with Gasteiger partial charge in [-0.25, -0.2) is 4.39 Å². The van der Waals surface area contributed by atoms with Crippen molar-refractivity contribution >= 4 is 17.3 Å². The van der Waals surface area contributed by atoms with Gasteiger partial charge in [0, 0.05) is 22.8 Å². The molecule has 1 N–H and O–H groups in total. The molecule has 0 amide bonds. The number of nitriles is 1. The molecule has 0 unspecified atom stereocenters. The van der Waals surface area contributed by atoms with Crippen LogP contribution in [0, 0.1) is 24.1 Å². The van der Waals surface area contributed by atoms with Gasteiger partial charge in [-0.1, -0.05) is 29.8 Å². The summed E-state index contributed by atoms with van der Waals surface area (Å²) in [7, 11) is 0. The van der Waals surface area contributed by atoms with E-state index in [4.69, 9.17) is 16.9 Å². The largest absolute Gasteiger partial charge is 0.381 e. The third-order valence-corrected chi connectivity index (χ3v) is 3.35. The average Bonchev–Trinajstić information content (AvgIpc) is 2.42. The monoisotopic (exact) mass is 274 g/mol. The van der Waals surface area contributed by atoms with Gasteiger partial charge in [0.05, 0.1) is 5.56 Å². The van der Waals surface area contributed by atoms with E-state index in [9.17, 15) is 4.39 Å². The van der Waals surface area contributed by atoms with Crippen LogP contribution in [0.5, 0.6) is 0 Å². The predicted molar refractivity (Wildman–Crippen MR) is 74.6 cm³/mol. The Balaban J connectivity index is 2.20. The Bertz CT molecular complexity index is 647. The van der Waals surface area contributed by atoms with Crippen LogP contribution in [0.3, 0.4) is 0 Å². The topological polar surface area (TPSA) is 35.8 Å². The van der Waals surface area contributed by atoms with Gasteiger partial charge in [0.1, 0.15) is 11.9 Å². The normalized spacial score (nSPS) is 10.0. The summed E-state index contributed by atoms with van der Waals surface area (Å²) >= 11 is 6.02. The Morgan fingerprint density at radius 1 is 1.26 bits per heavy atom. The minimum absolute atomic E-state index is 0.0575. The van der Waals surface area contributed by atoms with Gasteiger partial charge in [-0.2, -0.15) is 5.26 Å². The number of benzene rings is 2. The van der Waals surface area contributed by atoms with Crippen molar-refractivity contribution in [1.82, 2.24) is 0 Å². The molecule has 0 saturated heterocycles. The lowest BCUT2D eigenvalue weighted by Crippen LogP contribution is -2.04. The summed E-state index contributed by atoms with van der Waals surface area (Å²) in [5.74, 6) is -0.475. The van der Waals surface area contributed by atoms with Gasteiger partial charge in [0.15, 0.2) is 0 Å². The van der Waals surface area contributed by atoms with Crippen LogP contribution in [-0.2, 0) is 6.54 Å². The quantitative estimate of drug-likeness (QED) is 0.907. The molecule has 0 atom stereocenters. The third kappa shape index (κ3) is 2.86. The van der Waals surface area contributed by atoms with Gasteiger partial charge in [-0.15, -0.1) is 0 Å². The fourth-order valence-electron chi connectivity index (χ4n) is 1.79. The second-order valence-corrected chi connectivity index (χ2v) is 4.56. The highest BCUT2D eigenvalue weighted by Crippen LogP contribution is 2.24. The van der Waals surface area contributed by atoms with Crippen molar-refractivity contribution in [1.29, 1.82) is 5.26 Å². The molecule has 0 fully saturated rings. The summed E-state index contributed by atoms with van der Waals surface area (Å²) < 4.78 is 13.9. The molecule has 0 radical (unpaired) electrons. The van der Waals surface area contributed by atoms with Crippen LogP contribution in [0.1, 0.15) is 16.7 Å². The number of hydrogen-bond donors (Lipinski definition) is 1. The molecule has 0 saturated carbocycles. The van der Waals surface area contributed by atoms with Crippen LogP contribution in [0.4, 0.5) is 10.1 Å². The molecular weight excluding hydrogens is 263 g/mol. The molecule has 0 spiro atoms. The average molecular weight is 275 g/mol. The highest BCUT2D eigenvalue weighted by Gasteiger charge is 2.08. The lowest BCUT2D eigenvalue weighted by atomic mass is 10.1. The highest BCUT2D eigenvalue weighted by molar-refractivity contribution is 6.31. The first-order valence-electron chi connectivity index (χ1n) is 5.80. The molecule has 96 valence electrons. The summed E-state index contributed by atoms with van der Waals surface area (Å²) in [5, 5.41) is 12.6. The van der Waals surface area contributed by atoms with Gasteiger partial charge in [0.2, 0.25) is 0 Å². The third-order valence-electron chi connectivity index (χ3n) is 2.94.